The van der Waals surface area contributed by atoms with Crippen LogP contribution in [0.2, 0.25) is 0 Å². The highest BCUT2D eigenvalue weighted by molar-refractivity contribution is 7.89. The van der Waals surface area contributed by atoms with Gasteiger partial charge in [-0.25, -0.2) is 8.42 Å². The molecule has 0 radical (unpaired) electrons. The monoisotopic (exact) mass is 523 g/mol. The summed E-state index contributed by atoms with van der Waals surface area (Å²) in [5.74, 6) is 0.345. The van der Waals surface area contributed by atoms with Gasteiger partial charge in [0.25, 0.3) is 0 Å². The predicted octanol–water partition coefficient (Wildman–Crippen LogP) is 4.30. The van der Waals surface area contributed by atoms with E-state index in [2.05, 4.69) is 24.1 Å². The maximum atomic E-state index is 13.9. The SMILES string of the molecule is CCN(CC)c1ccc(NC(=O)[C@H]2Cc3ccccc3CN2S(=O)(=O)c2ccc(OC)c(OC)c2)cc1. The van der Waals surface area contributed by atoms with Gasteiger partial charge in [-0.2, -0.15) is 4.31 Å². The van der Waals surface area contributed by atoms with Crippen LogP contribution in [0.3, 0.4) is 0 Å². The smallest absolute Gasteiger partial charge is 0.244 e. The van der Waals surface area contributed by atoms with E-state index in [-0.39, 0.29) is 23.8 Å². The second-order valence-electron chi connectivity index (χ2n) is 8.76. The number of benzene rings is 3. The number of ether oxygens (including phenoxy) is 2. The highest BCUT2D eigenvalue weighted by atomic mass is 32.2. The molecule has 0 aliphatic carbocycles. The van der Waals surface area contributed by atoms with E-state index >= 15 is 0 Å². The van der Waals surface area contributed by atoms with E-state index in [0.29, 0.717) is 17.2 Å². The van der Waals surface area contributed by atoms with Gasteiger partial charge >= 0.3 is 0 Å². The summed E-state index contributed by atoms with van der Waals surface area (Å²) < 4.78 is 39.6. The van der Waals surface area contributed by atoms with Crippen molar-refractivity contribution in [3.05, 3.63) is 77.9 Å². The summed E-state index contributed by atoms with van der Waals surface area (Å²) in [6, 6.07) is 18.7. The zero-order valence-corrected chi connectivity index (χ0v) is 22.4. The average Bonchev–Trinajstić information content (AvgIpc) is 2.93. The van der Waals surface area contributed by atoms with Gasteiger partial charge in [0.15, 0.2) is 11.5 Å². The van der Waals surface area contributed by atoms with Crippen LogP contribution in [0.5, 0.6) is 11.5 Å². The minimum Gasteiger partial charge on any atom is -0.493 e. The lowest BCUT2D eigenvalue weighted by Gasteiger charge is -2.35. The van der Waals surface area contributed by atoms with Crippen molar-refractivity contribution < 1.29 is 22.7 Å². The number of carbonyl (C=O) groups is 1. The maximum absolute atomic E-state index is 13.9. The van der Waals surface area contributed by atoms with Gasteiger partial charge in [0.1, 0.15) is 6.04 Å². The van der Waals surface area contributed by atoms with Gasteiger partial charge in [0.2, 0.25) is 15.9 Å². The van der Waals surface area contributed by atoms with Gasteiger partial charge in [-0.05, 0) is 67.8 Å². The molecule has 196 valence electrons. The van der Waals surface area contributed by atoms with Crippen molar-refractivity contribution in [2.45, 2.75) is 37.8 Å². The summed E-state index contributed by atoms with van der Waals surface area (Å²) in [5, 5.41) is 2.93. The fraction of sp³-hybridized carbons (Fsp3) is 0.321. The van der Waals surface area contributed by atoms with E-state index in [0.717, 1.165) is 29.9 Å². The van der Waals surface area contributed by atoms with Crippen LogP contribution in [0.25, 0.3) is 0 Å². The summed E-state index contributed by atoms with van der Waals surface area (Å²) in [4.78, 5) is 15.8. The second-order valence-corrected chi connectivity index (χ2v) is 10.7. The first-order valence-corrected chi connectivity index (χ1v) is 13.7. The van der Waals surface area contributed by atoms with Crippen molar-refractivity contribution in [2.24, 2.45) is 0 Å². The molecular formula is C28H33N3O5S. The topological polar surface area (TPSA) is 88.2 Å². The minimum atomic E-state index is -4.04. The van der Waals surface area contributed by atoms with Crippen LogP contribution in [-0.4, -0.2) is 52.0 Å². The zero-order valence-electron chi connectivity index (χ0n) is 21.6. The van der Waals surface area contributed by atoms with E-state index in [9.17, 15) is 13.2 Å². The van der Waals surface area contributed by atoms with Crippen LogP contribution in [0.4, 0.5) is 11.4 Å². The molecule has 9 heteroatoms. The Labute approximate surface area is 218 Å². The molecule has 0 saturated heterocycles. The molecule has 0 unspecified atom stereocenters. The molecule has 1 heterocycles. The number of fused-ring (bicyclic) bond motifs is 1. The van der Waals surface area contributed by atoms with Crippen LogP contribution in [0.1, 0.15) is 25.0 Å². The molecule has 0 fully saturated rings. The summed E-state index contributed by atoms with van der Waals surface area (Å²) in [6.45, 7) is 6.03. The summed E-state index contributed by atoms with van der Waals surface area (Å²) in [5.41, 5.74) is 3.51. The molecule has 0 bridgehead atoms. The number of sulfonamides is 1. The van der Waals surface area contributed by atoms with Gasteiger partial charge in [0, 0.05) is 37.1 Å². The number of carbonyl (C=O) groups excluding carboxylic acids is 1. The Balaban J connectivity index is 1.66. The molecule has 8 nitrogen and oxygen atoms in total. The molecule has 1 atom stereocenters. The number of nitrogens with one attached hydrogen (secondary N) is 1. The second kappa shape index (κ2) is 11.2. The Morgan fingerprint density at radius 1 is 0.946 bits per heavy atom. The Morgan fingerprint density at radius 3 is 2.22 bits per heavy atom. The highest BCUT2D eigenvalue weighted by Gasteiger charge is 2.40. The van der Waals surface area contributed by atoms with E-state index in [1.54, 1.807) is 6.07 Å². The fourth-order valence-electron chi connectivity index (χ4n) is 4.66. The lowest BCUT2D eigenvalue weighted by molar-refractivity contribution is -0.120. The molecule has 3 aromatic rings. The first-order valence-electron chi connectivity index (χ1n) is 12.3. The van der Waals surface area contributed by atoms with Gasteiger partial charge in [-0.3, -0.25) is 4.79 Å². The number of hydrogen-bond donors (Lipinski definition) is 1. The van der Waals surface area contributed by atoms with Crippen LogP contribution in [-0.2, 0) is 27.8 Å². The molecule has 1 N–H and O–H groups in total. The van der Waals surface area contributed by atoms with E-state index in [1.165, 1.54) is 30.7 Å². The molecule has 0 saturated carbocycles. The van der Waals surface area contributed by atoms with Crippen molar-refractivity contribution in [3.8, 4) is 11.5 Å². The molecule has 3 aromatic carbocycles. The molecule has 1 amide bonds. The van der Waals surface area contributed by atoms with Crippen molar-refractivity contribution in [1.29, 1.82) is 0 Å². The van der Waals surface area contributed by atoms with Crippen molar-refractivity contribution >= 4 is 27.3 Å². The molecule has 0 aromatic heterocycles. The highest BCUT2D eigenvalue weighted by Crippen LogP contribution is 2.34. The summed E-state index contributed by atoms with van der Waals surface area (Å²) in [7, 11) is -1.10. The number of nitrogens with zero attached hydrogens (tertiary/aromatic N) is 2. The van der Waals surface area contributed by atoms with Crippen molar-refractivity contribution in [3.63, 3.8) is 0 Å². The third kappa shape index (κ3) is 5.42. The fourth-order valence-corrected chi connectivity index (χ4v) is 6.24. The molecule has 1 aliphatic rings. The van der Waals surface area contributed by atoms with E-state index < -0.39 is 16.1 Å². The molecule has 4 rings (SSSR count). The third-order valence-corrected chi connectivity index (χ3v) is 8.58. The van der Waals surface area contributed by atoms with Crippen molar-refractivity contribution in [2.75, 3.05) is 37.5 Å². The average molecular weight is 524 g/mol. The molecule has 0 spiro atoms. The number of amides is 1. The van der Waals surface area contributed by atoms with Gasteiger partial charge in [0.05, 0.1) is 19.1 Å². The largest absolute Gasteiger partial charge is 0.493 e. The van der Waals surface area contributed by atoms with Gasteiger partial charge in [-0.1, -0.05) is 24.3 Å². The van der Waals surface area contributed by atoms with Gasteiger partial charge < -0.3 is 19.7 Å². The first kappa shape index (κ1) is 26.5. The lowest BCUT2D eigenvalue weighted by Crippen LogP contribution is -2.50. The van der Waals surface area contributed by atoms with Crippen LogP contribution >= 0.6 is 0 Å². The number of rotatable bonds is 9. The number of methoxy groups -OCH3 is 2. The summed E-state index contributed by atoms with van der Waals surface area (Å²) >= 11 is 0. The maximum Gasteiger partial charge on any atom is 0.244 e. The Bertz CT molecular complexity index is 1350. The Morgan fingerprint density at radius 2 is 1.59 bits per heavy atom. The predicted molar refractivity (Wildman–Crippen MR) is 145 cm³/mol. The van der Waals surface area contributed by atoms with E-state index in [1.807, 2.05) is 48.5 Å². The van der Waals surface area contributed by atoms with Crippen molar-refractivity contribution in [1.82, 2.24) is 4.31 Å². The standard InChI is InChI=1S/C28H33N3O5S/c1-5-30(6-2)23-13-11-22(12-14-23)29-28(32)25-17-20-9-7-8-10-21(20)19-31(25)37(33,34)24-15-16-26(35-3)27(18-24)36-4/h7-16,18,25H,5-6,17,19H2,1-4H3,(H,29,32)/t25-/m1/s1. The Hall–Kier alpha value is -3.56. The Kier molecular flexibility index (Phi) is 8.04. The van der Waals surface area contributed by atoms with Crippen LogP contribution in [0, 0.1) is 0 Å². The molecular weight excluding hydrogens is 490 g/mol. The van der Waals surface area contributed by atoms with Gasteiger partial charge in [-0.15, -0.1) is 0 Å². The molecule has 37 heavy (non-hydrogen) atoms. The number of hydrogen-bond acceptors (Lipinski definition) is 6. The van der Waals surface area contributed by atoms with Crippen LogP contribution in [0.15, 0.2) is 71.6 Å². The number of anilines is 2. The quantitative estimate of drug-likeness (QED) is 0.450. The first-order chi connectivity index (χ1) is 17.8. The summed E-state index contributed by atoms with van der Waals surface area (Å²) in [6.07, 6.45) is 0.270. The third-order valence-electron chi connectivity index (χ3n) is 6.73. The lowest BCUT2D eigenvalue weighted by atomic mass is 9.95. The normalized spacial score (nSPS) is 15.5. The van der Waals surface area contributed by atoms with Crippen LogP contribution < -0.4 is 19.7 Å². The zero-order chi connectivity index (χ0) is 26.6. The van der Waals surface area contributed by atoms with E-state index in [4.69, 9.17) is 9.47 Å². The molecule has 1 aliphatic heterocycles. The minimum absolute atomic E-state index is 0.0332.